The summed E-state index contributed by atoms with van der Waals surface area (Å²) in [5.41, 5.74) is 9.72. The summed E-state index contributed by atoms with van der Waals surface area (Å²) in [6.07, 6.45) is 5.60. The lowest BCUT2D eigenvalue weighted by Gasteiger charge is -2.26. The third-order valence-corrected chi connectivity index (χ3v) is 10.7. The van der Waals surface area contributed by atoms with E-state index in [1.807, 2.05) is 18.2 Å². The van der Waals surface area contributed by atoms with Crippen LogP contribution in [0, 0.1) is 19.8 Å². The van der Waals surface area contributed by atoms with Gasteiger partial charge in [-0.2, -0.15) is 0 Å². The fourth-order valence-corrected chi connectivity index (χ4v) is 5.49. The number of rotatable bonds is 9. The third kappa shape index (κ3) is 13.9. The number of fused-ring (bicyclic) bond motifs is 2. The maximum absolute atomic E-state index is 5.20. The van der Waals surface area contributed by atoms with E-state index in [9.17, 15) is 0 Å². The Morgan fingerprint density at radius 2 is 1.05 bits per heavy atom. The molecule has 2 heteroatoms. The molecular weight excluding hydrogens is 681 g/mol. The van der Waals surface area contributed by atoms with Crippen molar-refractivity contribution in [1.82, 2.24) is 0 Å². The van der Waals surface area contributed by atoms with Gasteiger partial charge in [-0.15, -0.1) is 0 Å². The van der Waals surface area contributed by atoms with Crippen molar-refractivity contribution in [2.45, 2.75) is 86.9 Å². The molecule has 2 nitrogen and oxygen atoms in total. The molecule has 0 fully saturated rings. The molecule has 0 bridgehead atoms. The maximum atomic E-state index is 5.20. The van der Waals surface area contributed by atoms with E-state index in [4.69, 9.17) is 9.47 Å². The van der Waals surface area contributed by atoms with Gasteiger partial charge in [0.1, 0.15) is 0 Å². The van der Waals surface area contributed by atoms with Crippen LogP contribution in [0.3, 0.4) is 0 Å². The van der Waals surface area contributed by atoms with E-state index in [0.717, 1.165) is 23.1 Å². The van der Waals surface area contributed by atoms with Crippen LogP contribution >= 0.6 is 0 Å². The molecule has 0 spiro atoms. The molecule has 6 aromatic rings. The number of hydrogen-bond donors (Lipinski definition) is 0. The van der Waals surface area contributed by atoms with Crippen molar-refractivity contribution in [2.75, 3.05) is 14.2 Å². The van der Waals surface area contributed by atoms with E-state index in [1.165, 1.54) is 49.4 Å². The fraction of sp³-hybridized carbons (Fsp3) is 0.296. The van der Waals surface area contributed by atoms with Crippen molar-refractivity contribution in [3.8, 4) is 0 Å². The predicted octanol–water partition coefficient (Wildman–Crippen LogP) is 15.4. The highest BCUT2D eigenvalue weighted by atomic mass is 16.5. The molecule has 0 atom stereocenters. The van der Waals surface area contributed by atoms with Crippen molar-refractivity contribution >= 4 is 38.3 Å². The smallest absolute Gasteiger partial charge is 0.0645 e. The zero-order valence-corrected chi connectivity index (χ0v) is 36.2. The minimum absolute atomic E-state index is 0.0417. The Balaban J connectivity index is 0.000000310. The second-order valence-electron chi connectivity index (χ2n) is 15.8. The van der Waals surface area contributed by atoms with Gasteiger partial charge in [-0.1, -0.05) is 184 Å². The summed E-state index contributed by atoms with van der Waals surface area (Å²) in [4.78, 5) is 0. The first-order chi connectivity index (χ1) is 26.6. The summed E-state index contributed by atoms with van der Waals surface area (Å²) in [7, 11) is 3.49. The highest BCUT2D eigenvalue weighted by Gasteiger charge is 2.20. The average Bonchev–Trinajstić information content (AvgIpc) is 3.21. The molecule has 294 valence electrons. The van der Waals surface area contributed by atoms with Crippen molar-refractivity contribution in [1.29, 1.82) is 0 Å². The van der Waals surface area contributed by atoms with Crippen molar-refractivity contribution in [2.24, 2.45) is 5.92 Å². The van der Waals surface area contributed by atoms with E-state index in [2.05, 4.69) is 209 Å². The van der Waals surface area contributed by atoms with Crippen LogP contribution in [-0.2, 0) is 9.47 Å². The Labute approximate surface area is 339 Å². The standard InChI is InChI=1S/C34H28.C7H16O.C7H8.C6H14O/c1-24-18-20-27(21-19-24)25(2)22-30(34-17-9-13-29-11-5-7-15-33(29)34)23-26(3)31-16-8-12-28-10-4-6-14-32(28)31;1-6(2)7(3,4)8-5;1-7-5-3-2-4-6-7;1-5-6(2,3)7-4/h4-23H,3H2,1-2H3;6H,1-5H3;2-6H,1H3;5H2,1-4H3/b25-22+,30-23+;;;. The highest BCUT2D eigenvalue weighted by molar-refractivity contribution is 6.03. The molecule has 0 saturated heterocycles. The molecule has 0 saturated carbocycles. The number of benzene rings is 6. The van der Waals surface area contributed by atoms with Gasteiger partial charge in [-0.25, -0.2) is 0 Å². The number of ether oxygens (including phenoxy) is 2. The molecule has 0 radical (unpaired) electrons. The van der Waals surface area contributed by atoms with Crippen LogP contribution in [0.15, 0.2) is 158 Å². The van der Waals surface area contributed by atoms with Crippen LogP contribution in [0.2, 0.25) is 0 Å². The Morgan fingerprint density at radius 3 is 1.48 bits per heavy atom. The first kappa shape index (κ1) is 45.4. The van der Waals surface area contributed by atoms with Gasteiger partial charge in [0.15, 0.2) is 0 Å². The van der Waals surface area contributed by atoms with Crippen LogP contribution in [0.1, 0.15) is 89.6 Å². The van der Waals surface area contributed by atoms with Gasteiger partial charge in [0, 0.05) is 14.2 Å². The predicted molar refractivity (Wildman–Crippen MR) is 248 cm³/mol. The van der Waals surface area contributed by atoms with Gasteiger partial charge in [-0.05, 0) is 122 Å². The number of methoxy groups -OCH3 is 2. The maximum Gasteiger partial charge on any atom is 0.0645 e. The normalized spacial score (nSPS) is 11.9. The van der Waals surface area contributed by atoms with E-state index in [0.29, 0.717) is 5.92 Å². The molecule has 0 amide bonds. The van der Waals surface area contributed by atoms with Gasteiger partial charge in [0.25, 0.3) is 0 Å². The van der Waals surface area contributed by atoms with E-state index in [-0.39, 0.29) is 11.2 Å². The topological polar surface area (TPSA) is 18.5 Å². The molecule has 6 rings (SSSR count). The summed E-state index contributed by atoms with van der Waals surface area (Å²) in [5, 5.41) is 4.94. The Bertz CT molecular complexity index is 2150. The molecule has 0 aliphatic heterocycles. The zero-order chi connectivity index (χ0) is 41.3. The second-order valence-corrected chi connectivity index (χ2v) is 15.8. The third-order valence-electron chi connectivity index (χ3n) is 10.7. The van der Waals surface area contributed by atoms with Crippen LogP contribution in [-0.4, -0.2) is 25.4 Å². The SMILES string of the molecule is C=C(/C=C(\C=C(/C)c1ccc(C)cc1)c1cccc2ccccc12)c1cccc2ccccc12.CCC(C)(C)OC.COC(C)(C)C(C)C.Cc1ccccc1. The number of hydrogen-bond acceptors (Lipinski definition) is 2. The summed E-state index contributed by atoms with van der Waals surface area (Å²) in [5.74, 6) is 0.590. The molecule has 0 N–H and O–H groups in total. The highest BCUT2D eigenvalue weighted by Crippen LogP contribution is 2.33. The van der Waals surface area contributed by atoms with Crippen LogP contribution in [0.25, 0.3) is 38.3 Å². The number of aryl methyl sites for hydroxylation is 2. The van der Waals surface area contributed by atoms with Crippen molar-refractivity contribution < 1.29 is 9.47 Å². The summed E-state index contributed by atoms with van der Waals surface area (Å²) in [6.45, 7) is 25.7. The van der Waals surface area contributed by atoms with Crippen LogP contribution in [0.5, 0.6) is 0 Å². The molecule has 0 unspecified atom stereocenters. The molecule has 6 aromatic carbocycles. The van der Waals surface area contributed by atoms with Gasteiger partial charge in [0.05, 0.1) is 11.2 Å². The lowest BCUT2D eigenvalue weighted by atomic mass is 9.91. The Morgan fingerprint density at radius 1 is 0.589 bits per heavy atom. The molecule has 0 heterocycles. The first-order valence-electron chi connectivity index (χ1n) is 19.9. The average molecular weight is 747 g/mol. The lowest BCUT2D eigenvalue weighted by Crippen LogP contribution is -2.29. The summed E-state index contributed by atoms with van der Waals surface area (Å²) < 4.78 is 10.3. The van der Waals surface area contributed by atoms with Crippen LogP contribution in [0.4, 0.5) is 0 Å². The monoisotopic (exact) mass is 747 g/mol. The summed E-state index contributed by atoms with van der Waals surface area (Å²) in [6, 6.07) is 49.0. The minimum Gasteiger partial charge on any atom is -0.379 e. The second kappa shape index (κ2) is 21.9. The van der Waals surface area contributed by atoms with Gasteiger partial charge in [-0.3, -0.25) is 0 Å². The molecular formula is C54H66O2. The van der Waals surface area contributed by atoms with Crippen LogP contribution < -0.4 is 0 Å². The molecule has 0 aliphatic carbocycles. The molecule has 56 heavy (non-hydrogen) atoms. The van der Waals surface area contributed by atoms with Crippen molar-refractivity contribution in [3.05, 3.63) is 186 Å². The molecule has 0 aromatic heterocycles. The first-order valence-corrected chi connectivity index (χ1v) is 19.9. The Hall–Kier alpha value is -5.02. The Kier molecular flexibility index (Phi) is 17.7. The lowest BCUT2D eigenvalue weighted by molar-refractivity contribution is -0.0157. The number of allylic oxidation sites excluding steroid dienone is 5. The largest absolute Gasteiger partial charge is 0.379 e. The summed E-state index contributed by atoms with van der Waals surface area (Å²) >= 11 is 0. The van der Waals surface area contributed by atoms with E-state index >= 15 is 0 Å². The quantitative estimate of drug-likeness (QED) is 0.137. The van der Waals surface area contributed by atoms with Gasteiger partial charge < -0.3 is 9.47 Å². The molecule has 0 aliphatic rings. The van der Waals surface area contributed by atoms with Gasteiger partial charge in [0.2, 0.25) is 0 Å². The van der Waals surface area contributed by atoms with E-state index in [1.54, 1.807) is 14.2 Å². The van der Waals surface area contributed by atoms with E-state index < -0.39 is 0 Å². The fourth-order valence-electron chi connectivity index (χ4n) is 5.49. The van der Waals surface area contributed by atoms with Crippen molar-refractivity contribution in [3.63, 3.8) is 0 Å². The van der Waals surface area contributed by atoms with Gasteiger partial charge >= 0.3 is 0 Å². The minimum atomic E-state index is 0.0417. The zero-order valence-electron chi connectivity index (χ0n) is 36.2.